The maximum Gasteiger partial charge on any atom is 0.248 e. The number of benzene rings is 2. The lowest BCUT2D eigenvalue weighted by Crippen LogP contribution is -2.12. The normalized spacial score (nSPS) is 11.3. The molecule has 0 aromatic heterocycles. The second-order valence-electron chi connectivity index (χ2n) is 5.73. The van der Waals surface area contributed by atoms with Crippen molar-refractivity contribution < 1.29 is 17.9 Å². The van der Waals surface area contributed by atoms with Gasteiger partial charge in [-0.3, -0.25) is 9.52 Å². The molecule has 0 radical (unpaired) electrons. The molecule has 0 bridgehead atoms. The molecule has 0 aliphatic carbocycles. The number of nitrogens with one attached hydrogen (secondary N) is 2. The highest BCUT2D eigenvalue weighted by Crippen LogP contribution is 2.21. The van der Waals surface area contributed by atoms with Crippen LogP contribution in [0.25, 0.3) is 6.08 Å². The predicted molar refractivity (Wildman–Crippen MR) is 105 cm³/mol. The molecule has 2 aromatic rings. The fourth-order valence-electron chi connectivity index (χ4n) is 2.21. The minimum Gasteiger partial charge on any atom is -0.494 e. The van der Waals surface area contributed by atoms with Crippen LogP contribution in [0.4, 0.5) is 11.4 Å². The van der Waals surface area contributed by atoms with E-state index >= 15 is 0 Å². The van der Waals surface area contributed by atoms with Crippen LogP contribution in [0.3, 0.4) is 0 Å². The molecule has 0 aliphatic rings. The summed E-state index contributed by atoms with van der Waals surface area (Å²) in [5.41, 5.74) is 2.56. The molecule has 138 valence electrons. The van der Waals surface area contributed by atoms with E-state index in [2.05, 4.69) is 10.0 Å². The topological polar surface area (TPSA) is 84.5 Å². The van der Waals surface area contributed by atoms with Crippen molar-refractivity contribution in [2.24, 2.45) is 0 Å². The van der Waals surface area contributed by atoms with E-state index in [0.29, 0.717) is 18.0 Å². The first kappa shape index (κ1) is 19.5. The van der Waals surface area contributed by atoms with Crippen LogP contribution < -0.4 is 14.8 Å². The summed E-state index contributed by atoms with van der Waals surface area (Å²) in [6, 6.07) is 12.4. The molecule has 0 aliphatic heterocycles. The minimum atomic E-state index is -3.39. The Morgan fingerprint density at radius 3 is 2.46 bits per heavy atom. The lowest BCUT2D eigenvalue weighted by molar-refractivity contribution is -0.111. The van der Waals surface area contributed by atoms with Crippen molar-refractivity contribution in [1.29, 1.82) is 0 Å². The monoisotopic (exact) mass is 374 g/mol. The number of carbonyl (C=O) groups excluding carboxylic acids is 1. The van der Waals surface area contributed by atoms with Crippen molar-refractivity contribution in [2.75, 3.05) is 22.9 Å². The van der Waals surface area contributed by atoms with Crippen molar-refractivity contribution in [2.45, 2.75) is 13.8 Å². The molecule has 0 spiro atoms. The molecule has 6 nitrogen and oxygen atoms in total. The Balaban J connectivity index is 2.04. The standard InChI is InChI=1S/C19H22N2O4S/c1-4-25-17-10-6-15(7-11-17)8-12-19(22)20-16-9-5-14(2)18(13-16)21-26(3,23)24/h5-13,21H,4H2,1-3H3,(H,20,22)/b12-8+. The maximum absolute atomic E-state index is 12.1. The highest BCUT2D eigenvalue weighted by Gasteiger charge is 2.07. The van der Waals surface area contributed by atoms with Crippen LogP contribution in [0.5, 0.6) is 5.75 Å². The molecule has 0 saturated heterocycles. The average Bonchev–Trinajstić information content (AvgIpc) is 2.56. The summed E-state index contributed by atoms with van der Waals surface area (Å²) in [4.78, 5) is 12.1. The number of ether oxygens (including phenoxy) is 1. The smallest absolute Gasteiger partial charge is 0.248 e. The predicted octanol–water partition coefficient (Wildman–Crippen LogP) is 3.42. The number of hydrogen-bond acceptors (Lipinski definition) is 4. The Labute approximate surface area is 153 Å². The maximum atomic E-state index is 12.1. The van der Waals surface area contributed by atoms with E-state index in [9.17, 15) is 13.2 Å². The number of sulfonamides is 1. The summed E-state index contributed by atoms with van der Waals surface area (Å²) in [6.45, 7) is 4.30. The quantitative estimate of drug-likeness (QED) is 0.727. The molecule has 2 rings (SSSR count). The Kier molecular flexibility index (Phi) is 6.41. The molecule has 0 heterocycles. The molecular formula is C19H22N2O4S. The van der Waals surface area contributed by atoms with Crippen LogP contribution in [-0.2, 0) is 14.8 Å². The van der Waals surface area contributed by atoms with Crippen LogP contribution in [0.15, 0.2) is 48.5 Å². The van der Waals surface area contributed by atoms with Gasteiger partial charge < -0.3 is 10.1 Å². The van der Waals surface area contributed by atoms with E-state index in [-0.39, 0.29) is 5.91 Å². The fourth-order valence-corrected chi connectivity index (χ4v) is 2.83. The highest BCUT2D eigenvalue weighted by molar-refractivity contribution is 7.92. The van der Waals surface area contributed by atoms with E-state index in [0.717, 1.165) is 23.1 Å². The summed E-state index contributed by atoms with van der Waals surface area (Å²) >= 11 is 0. The van der Waals surface area contributed by atoms with Gasteiger partial charge in [0, 0.05) is 11.8 Å². The van der Waals surface area contributed by atoms with Crippen LogP contribution in [0.2, 0.25) is 0 Å². The van der Waals surface area contributed by atoms with E-state index in [4.69, 9.17) is 4.74 Å². The van der Waals surface area contributed by atoms with Gasteiger partial charge in [-0.1, -0.05) is 18.2 Å². The highest BCUT2D eigenvalue weighted by atomic mass is 32.2. The zero-order valence-electron chi connectivity index (χ0n) is 14.9. The lowest BCUT2D eigenvalue weighted by Gasteiger charge is -2.10. The van der Waals surface area contributed by atoms with Gasteiger partial charge in [0.05, 0.1) is 18.6 Å². The van der Waals surface area contributed by atoms with Crippen LogP contribution >= 0.6 is 0 Å². The molecular weight excluding hydrogens is 352 g/mol. The molecule has 26 heavy (non-hydrogen) atoms. The van der Waals surface area contributed by atoms with Crippen molar-refractivity contribution in [3.8, 4) is 5.75 Å². The molecule has 2 aromatic carbocycles. The Morgan fingerprint density at radius 1 is 1.15 bits per heavy atom. The second kappa shape index (κ2) is 8.53. The number of rotatable bonds is 7. The van der Waals surface area contributed by atoms with Gasteiger partial charge in [-0.15, -0.1) is 0 Å². The molecule has 1 amide bonds. The van der Waals surface area contributed by atoms with E-state index in [1.807, 2.05) is 31.2 Å². The van der Waals surface area contributed by atoms with Crippen molar-refractivity contribution >= 4 is 33.4 Å². The van der Waals surface area contributed by atoms with E-state index < -0.39 is 10.0 Å². The van der Waals surface area contributed by atoms with Crippen molar-refractivity contribution in [3.05, 3.63) is 59.7 Å². The third-order valence-corrected chi connectivity index (χ3v) is 4.01. The van der Waals surface area contributed by atoms with Gasteiger partial charge in [-0.2, -0.15) is 0 Å². The first-order chi connectivity index (χ1) is 12.3. The van der Waals surface area contributed by atoms with Gasteiger partial charge in [0.25, 0.3) is 0 Å². The third kappa shape index (κ3) is 6.25. The molecule has 0 unspecified atom stereocenters. The second-order valence-corrected chi connectivity index (χ2v) is 7.48. The largest absolute Gasteiger partial charge is 0.494 e. The van der Waals surface area contributed by atoms with E-state index in [1.165, 1.54) is 6.08 Å². The SMILES string of the molecule is CCOc1ccc(/C=C/C(=O)Nc2ccc(C)c(NS(C)(=O)=O)c2)cc1. The third-order valence-electron chi connectivity index (χ3n) is 3.42. The Morgan fingerprint density at radius 2 is 1.85 bits per heavy atom. The zero-order chi connectivity index (χ0) is 19.2. The summed E-state index contributed by atoms with van der Waals surface area (Å²) in [5.74, 6) is 0.465. The first-order valence-electron chi connectivity index (χ1n) is 8.07. The minimum absolute atomic E-state index is 0.312. The molecule has 0 atom stereocenters. The first-order valence-corrected chi connectivity index (χ1v) is 9.96. The number of amides is 1. The number of carbonyl (C=O) groups is 1. The summed E-state index contributed by atoms with van der Waals surface area (Å²) < 4.78 is 30.6. The van der Waals surface area contributed by atoms with Gasteiger partial charge in [0.15, 0.2) is 0 Å². The van der Waals surface area contributed by atoms with Gasteiger partial charge in [0.2, 0.25) is 15.9 Å². The van der Waals surface area contributed by atoms with Crippen molar-refractivity contribution in [3.63, 3.8) is 0 Å². The molecule has 2 N–H and O–H groups in total. The van der Waals surface area contributed by atoms with Gasteiger partial charge in [-0.25, -0.2) is 8.42 Å². The van der Waals surface area contributed by atoms with Crippen LogP contribution in [0, 0.1) is 6.92 Å². The Hall–Kier alpha value is -2.80. The molecule has 7 heteroatoms. The number of aryl methyl sites for hydroxylation is 1. The lowest BCUT2D eigenvalue weighted by atomic mass is 10.2. The van der Waals surface area contributed by atoms with Gasteiger partial charge in [-0.05, 0) is 55.3 Å². The summed E-state index contributed by atoms with van der Waals surface area (Å²) in [5, 5.41) is 2.71. The summed E-state index contributed by atoms with van der Waals surface area (Å²) in [6.07, 6.45) is 4.19. The Bertz CT molecular complexity index is 904. The number of hydrogen-bond donors (Lipinski definition) is 2. The zero-order valence-corrected chi connectivity index (χ0v) is 15.8. The van der Waals surface area contributed by atoms with Crippen LogP contribution in [-0.4, -0.2) is 27.2 Å². The average molecular weight is 374 g/mol. The van der Waals surface area contributed by atoms with Crippen molar-refractivity contribution in [1.82, 2.24) is 0 Å². The van der Waals surface area contributed by atoms with Crippen LogP contribution in [0.1, 0.15) is 18.1 Å². The summed E-state index contributed by atoms with van der Waals surface area (Å²) in [7, 11) is -3.39. The molecule has 0 saturated carbocycles. The van der Waals surface area contributed by atoms with Gasteiger partial charge in [0.1, 0.15) is 5.75 Å². The number of anilines is 2. The fraction of sp³-hybridized carbons (Fsp3) is 0.211. The van der Waals surface area contributed by atoms with E-state index in [1.54, 1.807) is 31.2 Å². The molecule has 0 fully saturated rings. The van der Waals surface area contributed by atoms with Gasteiger partial charge >= 0.3 is 0 Å².